The zero-order chi connectivity index (χ0) is 15.4. The van der Waals surface area contributed by atoms with Crippen molar-refractivity contribution >= 4 is 23.5 Å². The molecule has 0 radical (unpaired) electrons. The van der Waals surface area contributed by atoms with E-state index in [0.29, 0.717) is 13.0 Å². The molecule has 0 spiro atoms. The Labute approximate surface area is 127 Å². The van der Waals surface area contributed by atoms with Crippen LogP contribution in [-0.4, -0.2) is 36.0 Å². The monoisotopic (exact) mass is 313 g/mol. The molecule has 1 amide bonds. The Bertz CT molecular complexity index is 550. The summed E-state index contributed by atoms with van der Waals surface area (Å²) < 4.78 is 18.5. The van der Waals surface area contributed by atoms with E-state index >= 15 is 0 Å². The van der Waals surface area contributed by atoms with Crippen LogP contribution < -0.4 is 0 Å². The van der Waals surface area contributed by atoms with Crippen LogP contribution in [0.2, 0.25) is 5.02 Å². The molecule has 1 aliphatic heterocycles. The summed E-state index contributed by atoms with van der Waals surface area (Å²) in [6.45, 7) is 2.46. The Hall–Kier alpha value is -1.62. The maximum absolute atomic E-state index is 13.5. The average Bonchev–Trinajstić information content (AvgIpc) is 2.49. The van der Waals surface area contributed by atoms with Gasteiger partial charge in [-0.05, 0) is 44.4 Å². The van der Waals surface area contributed by atoms with Crippen molar-refractivity contribution in [2.75, 3.05) is 13.2 Å². The quantitative estimate of drug-likeness (QED) is 0.806. The summed E-state index contributed by atoms with van der Waals surface area (Å²) >= 11 is 5.62. The Kier molecular flexibility index (Phi) is 5.17. The molecule has 2 rings (SSSR count). The Balaban J connectivity index is 2.21. The topological polar surface area (TPSA) is 46.6 Å². The summed E-state index contributed by atoms with van der Waals surface area (Å²) in [6, 6.07) is 3.31. The molecule has 0 saturated carbocycles. The second-order valence-electron chi connectivity index (χ2n) is 4.89. The van der Waals surface area contributed by atoms with E-state index in [1.54, 1.807) is 6.92 Å². The number of halogens is 2. The standard InChI is InChI=1S/C15H17ClFNO3/c1-2-21-15(20)13-5-3-4-8-18(13)14(19)10-6-7-11(16)12(17)9-10/h6-7,9,13H,2-5,8H2,1H3. The lowest BCUT2D eigenvalue weighted by Crippen LogP contribution is -2.48. The highest BCUT2D eigenvalue weighted by Crippen LogP contribution is 2.22. The summed E-state index contributed by atoms with van der Waals surface area (Å²) in [5.41, 5.74) is 0.188. The van der Waals surface area contributed by atoms with Gasteiger partial charge in [0.05, 0.1) is 11.6 Å². The van der Waals surface area contributed by atoms with E-state index in [1.807, 2.05) is 0 Å². The molecule has 1 unspecified atom stereocenters. The molecule has 1 heterocycles. The minimum Gasteiger partial charge on any atom is -0.464 e. The van der Waals surface area contributed by atoms with Gasteiger partial charge in [-0.25, -0.2) is 9.18 Å². The number of nitrogens with zero attached hydrogens (tertiary/aromatic N) is 1. The summed E-state index contributed by atoms with van der Waals surface area (Å²) in [4.78, 5) is 25.9. The number of carbonyl (C=O) groups excluding carboxylic acids is 2. The van der Waals surface area contributed by atoms with Gasteiger partial charge in [0.1, 0.15) is 11.9 Å². The molecule has 1 atom stereocenters. The summed E-state index contributed by atoms with van der Waals surface area (Å²) in [5.74, 6) is -1.42. The van der Waals surface area contributed by atoms with Gasteiger partial charge in [-0.15, -0.1) is 0 Å². The molecule has 1 aliphatic rings. The zero-order valence-corrected chi connectivity index (χ0v) is 12.5. The van der Waals surface area contributed by atoms with Crippen molar-refractivity contribution in [3.8, 4) is 0 Å². The molecule has 6 heteroatoms. The predicted molar refractivity (Wildman–Crippen MR) is 76.7 cm³/mol. The van der Waals surface area contributed by atoms with E-state index in [9.17, 15) is 14.0 Å². The van der Waals surface area contributed by atoms with E-state index in [4.69, 9.17) is 16.3 Å². The minimum absolute atomic E-state index is 0.0351. The lowest BCUT2D eigenvalue weighted by Gasteiger charge is -2.34. The van der Waals surface area contributed by atoms with E-state index in [1.165, 1.54) is 17.0 Å². The molecular formula is C15H17ClFNO3. The molecule has 1 saturated heterocycles. The van der Waals surface area contributed by atoms with Crippen LogP contribution in [0.4, 0.5) is 4.39 Å². The van der Waals surface area contributed by atoms with Crippen molar-refractivity contribution in [2.45, 2.75) is 32.2 Å². The highest BCUT2D eigenvalue weighted by molar-refractivity contribution is 6.30. The van der Waals surface area contributed by atoms with Gasteiger partial charge >= 0.3 is 5.97 Å². The number of amides is 1. The van der Waals surface area contributed by atoms with Crippen LogP contribution in [-0.2, 0) is 9.53 Å². The lowest BCUT2D eigenvalue weighted by atomic mass is 10.0. The molecule has 1 aromatic carbocycles. The lowest BCUT2D eigenvalue weighted by molar-refractivity contribution is -0.149. The second-order valence-corrected chi connectivity index (χ2v) is 5.30. The fourth-order valence-electron chi connectivity index (χ4n) is 2.45. The van der Waals surface area contributed by atoms with E-state index in [-0.39, 0.29) is 23.1 Å². The number of ether oxygens (including phenoxy) is 1. The number of carbonyl (C=O) groups is 2. The third kappa shape index (κ3) is 3.53. The van der Waals surface area contributed by atoms with Crippen LogP contribution in [0.25, 0.3) is 0 Å². The largest absolute Gasteiger partial charge is 0.464 e. The highest BCUT2D eigenvalue weighted by Gasteiger charge is 2.33. The minimum atomic E-state index is -0.646. The van der Waals surface area contributed by atoms with Crippen LogP contribution in [0.1, 0.15) is 36.5 Å². The van der Waals surface area contributed by atoms with Gasteiger partial charge in [0, 0.05) is 12.1 Å². The fourth-order valence-corrected chi connectivity index (χ4v) is 2.57. The number of piperidine rings is 1. The molecule has 21 heavy (non-hydrogen) atoms. The van der Waals surface area contributed by atoms with Crippen molar-refractivity contribution < 1.29 is 18.7 Å². The van der Waals surface area contributed by atoms with Gasteiger partial charge < -0.3 is 9.64 Å². The number of esters is 1. The van der Waals surface area contributed by atoms with E-state index < -0.39 is 17.8 Å². The summed E-state index contributed by atoms with van der Waals surface area (Å²) in [6.07, 6.45) is 2.25. The van der Waals surface area contributed by atoms with Crippen molar-refractivity contribution in [2.24, 2.45) is 0 Å². The molecule has 1 fully saturated rings. The van der Waals surface area contributed by atoms with Crippen molar-refractivity contribution in [3.05, 3.63) is 34.6 Å². The van der Waals surface area contributed by atoms with Gasteiger partial charge in [0.2, 0.25) is 0 Å². The molecule has 0 bridgehead atoms. The van der Waals surface area contributed by atoms with Gasteiger partial charge in [0.25, 0.3) is 5.91 Å². The molecule has 1 aromatic rings. The first-order valence-electron chi connectivity index (χ1n) is 6.97. The number of rotatable bonds is 3. The molecule has 4 nitrogen and oxygen atoms in total. The van der Waals surface area contributed by atoms with Gasteiger partial charge in [-0.1, -0.05) is 11.6 Å². The smallest absolute Gasteiger partial charge is 0.328 e. The van der Waals surface area contributed by atoms with Crippen molar-refractivity contribution in [3.63, 3.8) is 0 Å². The average molecular weight is 314 g/mol. The third-order valence-electron chi connectivity index (χ3n) is 3.49. The first-order chi connectivity index (χ1) is 10.0. The summed E-state index contributed by atoms with van der Waals surface area (Å²) in [7, 11) is 0. The van der Waals surface area contributed by atoms with Crippen LogP contribution in [0.15, 0.2) is 18.2 Å². The van der Waals surface area contributed by atoms with Crippen LogP contribution >= 0.6 is 11.6 Å². The van der Waals surface area contributed by atoms with Crippen molar-refractivity contribution in [1.29, 1.82) is 0 Å². The molecule has 0 aromatic heterocycles. The number of likely N-dealkylation sites (tertiary alicyclic amines) is 1. The predicted octanol–water partition coefficient (Wildman–Crippen LogP) is 3.04. The zero-order valence-electron chi connectivity index (χ0n) is 11.8. The van der Waals surface area contributed by atoms with Crippen molar-refractivity contribution in [1.82, 2.24) is 4.90 Å². The van der Waals surface area contributed by atoms with E-state index in [0.717, 1.165) is 18.9 Å². The van der Waals surface area contributed by atoms with Gasteiger partial charge in [-0.3, -0.25) is 4.79 Å². The Morgan fingerprint density at radius 3 is 2.86 bits per heavy atom. The molecule has 114 valence electrons. The number of hydrogen-bond donors (Lipinski definition) is 0. The highest BCUT2D eigenvalue weighted by atomic mass is 35.5. The van der Waals surface area contributed by atoms with Crippen LogP contribution in [0.5, 0.6) is 0 Å². The number of benzene rings is 1. The molecule has 0 N–H and O–H groups in total. The Morgan fingerprint density at radius 1 is 1.43 bits per heavy atom. The third-order valence-corrected chi connectivity index (χ3v) is 3.80. The number of hydrogen-bond acceptors (Lipinski definition) is 3. The van der Waals surface area contributed by atoms with Gasteiger partial charge in [-0.2, -0.15) is 0 Å². The fraction of sp³-hybridized carbons (Fsp3) is 0.467. The van der Waals surface area contributed by atoms with Gasteiger partial charge in [0.15, 0.2) is 0 Å². The maximum atomic E-state index is 13.5. The first-order valence-corrected chi connectivity index (χ1v) is 7.35. The Morgan fingerprint density at radius 2 is 2.19 bits per heavy atom. The first kappa shape index (κ1) is 15.8. The molecule has 0 aliphatic carbocycles. The van der Waals surface area contributed by atoms with E-state index in [2.05, 4.69) is 0 Å². The van der Waals surface area contributed by atoms with Crippen LogP contribution in [0.3, 0.4) is 0 Å². The van der Waals surface area contributed by atoms with Crippen LogP contribution in [0, 0.1) is 5.82 Å². The summed E-state index contributed by atoms with van der Waals surface area (Å²) in [5, 5.41) is -0.0351. The SMILES string of the molecule is CCOC(=O)C1CCCCN1C(=O)c1ccc(Cl)c(F)c1. The normalized spacial score (nSPS) is 18.4. The second kappa shape index (κ2) is 6.89. The molecular weight excluding hydrogens is 297 g/mol. The maximum Gasteiger partial charge on any atom is 0.328 e.